The second-order valence-corrected chi connectivity index (χ2v) is 33.7. The van der Waals surface area contributed by atoms with E-state index in [2.05, 4.69) is 455 Å². The second kappa shape index (κ2) is 31.1. The van der Waals surface area contributed by atoms with E-state index in [4.69, 9.17) is 13.3 Å². The molecule has 129 heavy (non-hydrogen) atoms. The van der Waals surface area contributed by atoms with Crippen LogP contribution in [0.5, 0.6) is 0 Å². The van der Waals surface area contributed by atoms with E-state index in [1.807, 2.05) is 18.2 Å². The molecule has 0 aliphatic rings. The number of furan rings is 3. The lowest BCUT2D eigenvalue weighted by molar-refractivity contribution is 0.669. The van der Waals surface area contributed by atoms with Crippen LogP contribution in [0.2, 0.25) is 0 Å². The Morgan fingerprint density at radius 1 is 0.109 bits per heavy atom. The molecule has 24 aromatic carbocycles. The van der Waals surface area contributed by atoms with Crippen LogP contribution in [-0.2, 0) is 0 Å². The Morgan fingerprint density at radius 2 is 0.349 bits per heavy atom. The highest BCUT2D eigenvalue weighted by molar-refractivity contribution is 6.29. The average molecular weight is 1640 g/mol. The second-order valence-electron chi connectivity index (χ2n) is 33.7. The maximum Gasteiger partial charge on any atom is 0.143 e. The predicted molar refractivity (Wildman–Crippen MR) is 548 cm³/mol. The van der Waals surface area contributed by atoms with E-state index in [9.17, 15) is 0 Å². The molecular weight excluding hydrogens is 1560 g/mol. The summed E-state index contributed by atoms with van der Waals surface area (Å²) in [7, 11) is 0. The zero-order valence-corrected chi connectivity index (χ0v) is 70.3. The molecule has 27 aromatic rings. The van der Waals surface area contributed by atoms with E-state index < -0.39 is 0 Å². The van der Waals surface area contributed by atoms with Crippen molar-refractivity contribution in [2.45, 2.75) is 0 Å². The minimum absolute atomic E-state index is 0.916. The first kappa shape index (κ1) is 74.6. The number of fused-ring (bicyclic) bond motifs is 18. The van der Waals surface area contributed by atoms with E-state index in [1.165, 1.54) is 180 Å². The van der Waals surface area contributed by atoms with Crippen molar-refractivity contribution in [1.82, 2.24) is 0 Å². The standard InChI is InChI=1S/3C42H26O/c1-2-16-30-27(12-1)13-10-22-31(30)28-14-9-15-29(26-28)40-33-18-3-5-20-35(33)41(36-21-6-4-19-34(36)40)38-24-11-23-37-32-17-7-8-25-39(32)43-42(37)38;1-2-13-30-27(11-1)12-9-19-31(30)28-23-25-29(26-24-28)40-33-15-3-5-17-35(33)41(36-18-6-4-16-34(36)40)38-21-10-20-37-32-14-7-8-22-39(32)43-42(37)38;1-2-13-28-26-29(25-24-27(28)12-1)30-14-3-4-16-32(30)40-33-17-5-7-19-35(33)41(36-20-8-6-18-34(36)40)38-22-11-21-37-31-15-9-10-23-39(31)43-42(37)38/h3*1-26H. The van der Waals surface area contributed by atoms with Crippen molar-refractivity contribution in [3.05, 3.63) is 473 Å². The minimum Gasteiger partial charge on any atom is -0.455 e. The number of para-hydroxylation sites is 6. The van der Waals surface area contributed by atoms with Gasteiger partial charge in [0.2, 0.25) is 0 Å². The van der Waals surface area contributed by atoms with E-state index in [1.54, 1.807) is 0 Å². The summed E-state index contributed by atoms with van der Waals surface area (Å²) in [6.07, 6.45) is 0. The fourth-order valence-electron chi connectivity index (χ4n) is 20.9. The molecule has 0 saturated carbocycles. The van der Waals surface area contributed by atoms with Gasteiger partial charge in [-0.15, -0.1) is 0 Å². The highest BCUT2D eigenvalue weighted by Gasteiger charge is 2.26. The van der Waals surface area contributed by atoms with Crippen LogP contribution < -0.4 is 0 Å². The van der Waals surface area contributed by atoms with Gasteiger partial charge in [-0.1, -0.05) is 443 Å². The average Bonchev–Trinajstić information content (AvgIpc) is 1.72. The van der Waals surface area contributed by atoms with Gasteiger partial charge in [-0.3, -0.25) is 0 Å². The summed E-state index contributed by atoms with van der Waals surface area (Å²) in [4.78, 5) is 0. The largest absolute Gasteiger partial charge is 0.455 e. The first-order valence-electron chi connectivity index (χ1n) is 44.3. The topological polar surface area (TPSA) is 39.4 Å². The van der Waals surface area contributed by atoms with E-state index in [0.29, 0.717) is 0 Å². The summed E-state index contributed by atoms with van der Waals surface area (Å²) in [5, 5.41) is 29.2. The summed E-state index contributed by atoms with van der Waals surface area (Å²) in [5.74, 6) is 0. The van der Waals surface area contributed by atoms with E-state index in [-0.39, 0.29) is 0 Å². The number of hydrogen-bond acceptors (Lipinski definition) is 3. The molecule has 0 fully saturated rings. The Balaban J connectivity index is 0.000000105. The van der Waals surface area contributed by atoms with E-state index >= 15 is 0 Å². The molecule has 3 heteroatoms. The highest BCUT2D eigenvalue weighted by atomic mass is 16.3. The molecular formula is C126H78O3. The van der Waals surface area contributed by atoms with Gasteiger partial charge >= 0.3 is 0 Å². The molecule has 0 aliphatic heterocycles. The molecule has 600 valence electrons. The lowest BCUT2D eigenvalue weighted by Gasteiger charge is -2.20. The number of rotatable bonds is 9. The molecule has 0 saturated heterocycles. The van der Waals surface area contributed by atoms with Crippen LogP contribution in [0, 0.1) is 0 Å². The monoisotopic (exact) mass is 1640 g/mol. The molecule has 0 atom stereocenters. The van der Waals surface area contributed by atoms with Crippen LogP contribution in [0.1, 0.15) is 0 Å². The third-order valence-corrected chi connectivity index (χ3v) is 26.6. The van der Waals surface area contributed by atoms with Crippen molar-refractivity contribution in [2.24, 2.45) is 0 Å². The van der Waals surface area contributed by atoms with Gasteiger partial charge in [0.1, 0.15) is 33.5 Å². The van der Waals surface area contributed by atoms with Gasteiger partial charge in [-0.25, -0.2) is 0 Å². The third kappa shape index (κ3) is 12.5. The predicted octanol–water partition coefficient (Wildman–Crippen LogP) is 36.1. The molecule has 0 amide bonds. The van der Waals surface area contributed by atoms with Crippen LogP contribution in [0.15, 0.2) is 486 Å². The lowest BCUT2D eigenvalue weighted by atomic mass is 9.83. The van der Waals surface area contributed by atoms with Gasteiger partial charge in [0.15, 0.2) is 0 Å². The van der Waals surface area contributed by atoms with Crippen LogP contribution in [0.4, 0.5) is 0 Å². The summed E-state index contributed by atoms with van der Waals surface area (Å²) in [5.41, 5.74) is 27.4. The summed E-state index contributed by atoms with van der Waals surface area (Å²) in [6, 6.07) is 170. The van der Waals surface area contributed by atoms with Crippen LogP contribution in [-0.4, -0.2) is 0 Å². The molecule has 0 spiro atoms. The van der Waals surface area contributed by atoms with Gasteiger partial charge in [0.25, 0.3) is 0 Å². The van der Waals surface area contributed by atoms with Gasteiger partial charge in [-0.2, -0.15) is 0 Å². The number of hydrogen-bond donors (Lipinski definition) is 0. The van der Waals surface area contributed by atoms with Crippen molar-refractivity contribution >= 4 is 163 Å². The Hall–Kier alpha value is -17.0. The van der Waals surface area contributed by atoms with Crippen molar-refractivity contribution in [3.8, 4) is 100 Å². The zero-order chi connectivity index (χ0) is 85.0. The fourth-order valence-corrected chi connectivity index (χ4v) is 20.9. The molecule has 27 rings (SSSR count). The zero-order valence-electron chi connectivity index (χ0n) is 70.3. The van der Waals surface area contributed by atoms with Gasteiger partial charge in [0, 0.05) is 65.7 Å². The van der Waals surface area contributed by atoms with Crippen LogP contribution in [0.3, 0.4) is 0 Å². The molecule has 0 bridgehead atoms. The van der Waals surface area contributed by atoms with Crippen LogP contribution in [0.25, 0.3) is 263 Å². The Bertz CT molecular complexity index is 9030. The smallest absolute Gasteiger partial charge is 0.143 e. The molecule has 3 aromatic heterocycles. The first-order valence-corrected chi connectivity index (χ1v) is 44.3. The normalized spacial score (nSPS) is 11.7. The maximum atomic E-state index is 6.56. The SMILES string of the molecule is c1cc(-c2cccc3ccccc23)cc(-c2c3ccccc3c(-c3cccc4c3oc3ccccc34)c3ccccc23)c1.c1ccc(-c2c3ccccc3c(-c3cccc4c3oc3ccccc34)c3ccccc23)c(-c2ccc3ccccc3c2)c1.c1ccc2c(-c3ccc(-c4c5ccccc5c(-c5cccc6c5oc5ccccc56)c5ccccc45)cc3)cccc2c1. The Kier molecular flexibility index (Phi) is 18.0. The molecule has 3 heterocycles. The van der Waals surface area contributed by atoms with Gasteiger partial charge in [-0.05, 0) is 194 Å². The lowest BCUT2D eigenvalue weighted by Crippen LogP contribution is -1.93. The Morgan fingerprint density at radius 3 is 0.760 bits per heavy atom. The Labute approximate surface area is 744 Å². The van der Waals surface area contributed by atoms with Crippen molar-refractivity contribution in [2.75, 3.05) is 0 Å². The van der Waals surface area contributed by atoms with Gasteiger partial charge < -0.3 is 13.3 Å². The molecule has 0 aliphatic carbocycles. The quantitative estimate of drug-likeness (QED) is 0.135. The third-order valence-electron chi connectivity index (χ3n) is 26.6. The first-order chi connectivity index (χ1) is 64.0. The van der Waals surface area contributed by atoms with Crippen LogP contribution >= 0.6 is 0 Å². The highest BCUT2D eigenvalue weighted by Crippen LogP contribution is 2.53. The summed E-state index contributed by atoms with van der Waals surface area (Å²) < 4.78 is 19.6. The van der Waals surface area contributed by atoms with Crippen molar-refractivity contribution < 1.29 is 13.3 Å². The van der Waals surface area contributed by atoms with Crippen molar-refractivity contribution in [3.63, 3.8) is 0 Å². The number of benzene rings is 24. The summed E-state index contributed by atoms with van der Waals surface area (Å²) in [6.45, 7) is 0. The van der Waals surface area contributed by atoms with Crippen molar-refractivity contribution in [1.29, 1.82) is 0 Å². The maximum absolute atomic E-state index is 6.56. The minimum atomic E-state index is 0.916. The van der Waals surface area contributed by atoms with Gasteiger partial charge in [0.05, 0.1) is 0 Å². The van der Waals surface area contributed by atoms with E-state index in [0.717, 1.165) is 82.5 Å². The molecule has 0 N–H and O–H groups in total. The summed E-state index contributed by atoms with van der Waals surface area (Å²) >= 11 is 0. The molecule has 0 radical (unpaired) electrons. The molecule has 3 nitrogen and oxygen atoms in total. The fraction of sp³-hybridized carbons (Fsp3) is 0. The molecule has 0 unspecified atom stereocenters.